The highest BCUT2D eigenvalue weighted by Crippen LogP contribution is 2.38. The smallest absolute Gasteiger partial charge is 0.0737 e. The van der Waals surface area contributed by atoms with Crippen molar-refractivity contribution in [1.29, 1.82) is 0 Å². The Hall–Kier alpha value is -7.30. The zero-order valence-corrected chi connectivity index (χ0v) is 30.1. The Bertz CT molecular complexity index is 2880. The second-order valence-corrected chi connectivity index (χ2v) is 13.9. The van der Waals surface area contributed by atoms with Crippen molar-refractivity contribution in [2.45, 2.75) is 6.54 Å². The van der Waals surface area contributed by atoms with Gasteiger partial charge in [0, 0.05) is 51.3 Å². The van der Waals surface area contributed by atoms with Crippen LogP contribution in [0.1, 0.15) is 39.1 Å². The summed E-state index contributed by atoms with van der Waals surface area (Å²) in [6.45, 7) is 0.695. The fraction of sp³-hybridized carbons (Fsp3) is 0.0196. The van der Waals surface area contributed by atoms with Gasteiger partial charge >= 0.3 is 0 Å². The predicted molar refractivity (Wildman–Crippen MR) is 226 cm³/mol. The molecule has 0 unspecified atom stereocenters. The van der Waals surface area contributed by atoms with E-state index in [1.807, 2.05) is 0 Å². The van der Waals surface area contributed by atoms with E-state index in [-0.39, 0.29) is 0 Å². The minimum atomic E-state index is 0.695. The molecule has 5 heterocycles. The third-order valence-corrected chi connectivity index (χ3v) is 10.4. The van der Waals surface area contributed by atoms with E-state index in [2.05, 4.69) is 210 Å². The molecular formula is C51H36N4. The maximum Gasteiger partial charge on any atom is 0.0737 e. The van der Waals surface area contributed by atoms with Crippen molar-refractivity contribution < 1.29 is 0 Å². The molecule has 0 fully saturated rings. The molecular weight excluding hydrogens is 669 g/mol. The van der Waals surface area contributed by atoms with E-state index >= 15 is 0 Å². The van der Waals surface area contributed by atoms with Crippen LogP contribution in [0.15, 0.2) is 222 Å². The lowest BCUT2D eigenvalue weighted by atomic mass is 9.96. The van der Waals surface area contributed by atoms with E-state index in [1.54, 1.807) is 0 Å². The summed E-state index contributed by atoms with van der Waals surface area (Å²) in [6.07, 6.45) is 11.0. The lowest BCUT2D eigenvalue weighted by Gasteiger charge is -2.15. The van der Waals surface area contributed by atoms with Crippen LogP contribution in [0.3, 0.4) is 0 Å². The molecule has 2 aromatic heterocycles. The number of aliphatic imine (C=N–C) groups is 2. The number of H-pyrrole nitrogens is 1. The second kappa shape index (κ2) is 13.9. The molecule has 7 aromatic rings. The molecule has 260 valence electrons. The number of benzene rings is 5. The summed E-state index contributed by atoms with van der Waals surface area (Å²) in [4.78, 5) is 14.8. The standard InChI is InChI=1S/C51H36N4/c1-6-16-35(17-7-1)33-55-34-40-32-47(55)51(39-24-14-5-15-25-39)46-31-30-45(54-46)50(38-22-12-4-13-23-38)44-29-28-43(53-44)49(37-20-10-3-11-21-37)42-27-26-41(52-42)48(40)36-18-8-2-9-19-36/h1-32,34,53H,33H2. The van der Waals surface area contributed by atoms with Gasteiger partial charge in [-0.05, 0) is 70.3 Å². The predicted octanol–water partition coefficient (Wildman–Crippen LogP) is 9.52. The summed E-state index contributed by atoms with van der Waals surface area (Å²) in [5.74, 6) is 0. The Morgan fingerprint density at radius 1 is 0.400 bits per heavy atom. The Balaban J connectivity index is 1.35. The zero-order valence-electron chi connectivity index (χ0n) is 30.1. The van der Waals surface area contributed by atoms with Crippen LogP contribution < -0.4 is 10.7 Å². The van der Waals surface area contributed by atoms with Gasteiger partial charge in [0.2, 0.25) is 0 Å². The van der Waals surface area contributed by atoms with Gasteiger partial charge in [-0.2, -0.15) is 0 Å². The van der Waals surface area contributed by atoms with Gasteiger partial charge in [0.25, 0.3) is 0 Å². The summed E-state index contributed by atoms with van der Waals surface area (Å²) in [5.41, 5.74) is 15.7. The Morgan fingerprint density at radius 3 is 1.31 bits per heavy atom. The van der Waals surface area contributed by atoms with Gasteiger partial charge in [0.15, 0.2) is 0 Å². The van der Waals surface area contributed by atoms with Crippen LogP contribution in [0.2, 0.25) is 0 Å². The summed E-state index contributed by atoms with van der Waals surface area (Å²) in [6, 6.07) is 59.8. The first-order chi connectivity index (χ1) is 27.3. The zero-order chi connectivity index (χ0) is 36.6. The quantitative estimate of drug-likeness (QED) is 0.179. The van der Waals surface area contributed by atoms with E-state index in [0.717, 1.165) is 89.3 Å². The molecule has 1 N–H and O–H groups in total. The van der Waals surface area contributed by atoms with E-state index < -0.39 is 0 Å². The van der Waals surface area contributed by atoms with E-state index in [1.165, 1.54) is 5.56 Å². The average molecular weight is 705 g/mol. The summed E-state index contributed by atoms with van der Waals surface area (Å²) in [7, 11) is 0. The number of nitrogens with one attached hydrogen (secondary N) is 1. The molecule has 10 rings (SSSR count). The molecule has 0 saturated carbocycles. The van der Waals surface area contributed by atoms with E-state index in [0.29, 0.717) is 6.54 Å². The molecule has 8 bridgehead atoms. The summed E-state index contributed by atoms with van der Waals surface area (Å²) < 4.78 is 2.38. The monoisotopic (exact) mass is 704 g/mol. The fourth-order valence-electron chi connectivity index (χ4n) is 7.93. The Labute approximate surface area is 320 Å². The number of rotatable bonds is 6. The van der Waals surface area contributed by atoms with Gasteiger partial charge in [-0.25, -0.2) is 9.98 Å². The average Bonchev–Trinajstić information content (AvgIpc) is 4.08. The highest BCUT2D eigenvalue weighted by atomic mass is 15.0. The molecule has 0 radical (unpaired) electrons. The van der Waals surface area contributed by atoms with Crippen molar-refractivity contribution >= 4 is 33.7 Å². The van der Waals surface area contributed by atoms with Crippen LogP contribution in [0.25, 0.3) is 22.3 Å². The minimum Gasteiger partial charge on any atom is -0.354 e. The SMILES string of the molecule is C1=CC2=C(c3ccccc3)c3cc(n(Cc4ccccc4)c3)C(c3ccccc3)=C3C=CC(=N3)C(c3ccccc3)=c3ccc([nH]3)=C(c3ccccc3)C1=N2. The van der Waals surface area contributed by atoms with Gasteiger partial charge in [0.05, 0.1) is 28.5 Å². The van der Waals surface area contributed by atoms with Crippen molar-refractivity contribution in [3.05, 3.63) is 262 Å². The number of aromatic amines is 1. The molecule has 0 spiro atoms. The molecule has 0 aliphatic carbocycles. The number of fused-ring (bicyclic) bond motifs is 6. The number of allylic oxidation sites excluding steroid dienone is 4. The summed E-state index contributed by atoms with van der Waals surface area (Å²) >= 11 is 0. The molecule has 3 aliphatic rings. The van der Waals surface area contributed by atoms with Crippen LogP contribution >= 0.6 is 0 Å². The molecule has 0 atom stereocenters. The third-order valence-electron chi connectivity index (χ3n) is 10.4. The van der Waals surface area contributed by atoms with E-state index in [4.69, 9.17) is 9.98 Å². The van der Waals surface area contributed by atoms with Crippen molar-refractivity contribution in [3.63, 3.8) is 0 Å². The topological polar surface area (TPSA) is 45.4 Å². The van der Waals surface area contributed by atoms with Crippen LogP contribution in [-0.2, 0) is 6.54 Å². The van der Waals surface area contributed by atoms with Gasteiger partial charge in [-0.15, -0.1) is 0 Å². The van der Waals surface area contributed by atoms with Crippen LogP contribution in [-0.4, -0.2) is 21.0 Å². The van der Waals surface area contributed by atoms with E-state index in [9.17, 15) is 0 Å². The molecule has 0 amide bonds. The third kappa shape index (κ3) is 6.10. The second-order valence-electron chi connectivity index (χ2n) is 13.9. The van der Waals surface area contributed by atoms with Gasteiger partial charge in [0.1, 0.15) is 0 Å². The van der Waals surface area contributed by atoms with Crippen LogP contribution in [0, 0.1) is 0 Å². The molecule has 4 nitrogen and oxygen atoms in total. The normalized spacial score (nSPS) is 14.8. The van der Waals surface area contributed by atoms with Gasteiger partial charge in [-0.3, -0.25) is 0 Å². The fourth-order valence-corrected chi connectivity index (χ4v) is 7.93. The largest absolute Gasteiger partial charge is 0.354 e. The highest BCUT2D eigenvalue weighted by Gasteiger charge is 2.25. The first-order valence-electron chi connectivity index (χ1n) is 18.7. The lowest BCUT2D eigenvalue weighted by Crippen LogP contribution is -2.21. The number of nitrogens with zero attached hydrogens (tertiary/aromatic N) is 3. The van der Waals surface area contributed by atoms with Gasteiger partial charge in [-0.1, -0.05) is 152 Å². The molecule has 0 saturated heterocycles. The Morgan fingerprint density at radius 2 is 0.818 bits per heavy atom. The molecule has 3 aliphatic heterocycles. The number of hydrogen-bond donors (Lipinski definition) is 1. The Kier molecular flexibility index (Phi) is 8.19. The molecule has 5 aromatic carbocycles. The van der Waals surface area contributed by atoms with Crippen LogP contribution in [0.4, 0.5) is 0 Å². The lowest BCUT2D eigenvalue weighted by molar-refractivity contribution is 0.793. The number of aromatic nitrogens is 2. The maximum absolute atomic E-state index is 5.50. The maximum atomic E-state index is 5.50. The minimum absolute atomic E-state index is 0.695. The van der Waals surface area contributed by atoms with Gasteiger partial charge < -0.3 is 9.55 Å². The first kappa shape index (κ1) is 32.4. The van der Waals surface area contributed by atoms with Crippen molar-refractivity contribution in [3.8, 4) is 0 Å². The first-order valence-corrected chi connectivity index (χ1v) is 18.7. The molecule has 4 heteroatoms. The summed E-state index contributed by atoms with van der Waals surface area (Å²) in [5, 5.41) is 1.98. The van der Waals surface area contributed by atoms with Crippen LogP contribution in [0.5, 0.6) is 0 Å². The molecule has 55 heavy (non-hydrogen) atoms. The van der Waals surface area contributed by atoms with Crippen molar-refractivity contribution in [2.75, 3.05) is 0 Å². The van der Waals surface area contributed by atoms with Crippen molar-refractivity contribution in [1.82, 2.24) is 9.55 Å². The van der Waals surface area contributed by atoms with Crippen molar-refractivity contribution in [2.24, 2.45) is 9.98 Å². The highest BCUT2D eigenvalue weighted by molar-refractivity contribution is 6.31. The number of hydrogen-bond acceptors (Lipinski definition) is 2.